The lowest BCUT2D eigenvalue weighted by Gasteiger charge is -2.26. The molecule has 1 aromatic heterocycles. The normalized spacial score (nSPS) is 16.7. The van der Waals surface area contributed by atoms with Crippen molar-refractivity contribution >= 4 is 34.0 Å². The molecule has 8 heteroatoms. The van der Waals surface area contributed by atoms with Gasteiger partial charge in [-0.1, -0.05) is 19.3 Å². The fraction of sp³-hybridized carbons (Fsp3) is 0.467. The summed E-state index contributed by atoms with van der Waals surface area (Å²) in [5.41, 5.74) is 2.89. The van der Waals surface area contributed by atoms with E-state index in [4.69, 9.17) is 14.2 Å². The van der Waals surface area contributed by atoms with E-state index in [2.05, 4.69) is 45.5 Å². The number of hydrogen-bond acceptors (Lipinski definition) is 8. The first kappa shape index (κ1) is 26.6. The largest absolute Gasteiger partial charge is 0.493 e. The Morgan fingerprint density at radius 3 is 2.63 bits per heavy atom. The van der Waals surface area contributed by atoms with Crippen molar-refractivity contribution in [2.24, 2.45) is 0 Å². The number of ether oxygens (including phenoxy) is 3. The number of thioether (sulfide) groups is 1. The molecule has 2 fully saturated rings. The Hall–Kier alpha value is -2.99. The van der Waals surface area contributed by atoms with E-state index < -0.39 is 0 Å². The quantitative estimate of drug-likeness (QED) is 0.301. The van der Waals surface area contributed by atoms with Crippen LogP contribution in [0, 0.1) is 11.3 Å². The Kier molecular flexibility index (Phi) is 9.24. The van der Waals surface area contributed by atoms with Gasteiger partial charge >= 0.3 is 0 Å². The van der Waals surface area contributed by atoms with Crippen LogP contribution in [0.3, 0.4) is 0 Å². The second kappa shape index (κ2) is 13.2. The number of fused-ring (bicyclic) bond motifs is 1. The lowest BCUT2D eigenvalue weighted by molar-refractivity contribution is 0.0357. The van der Waals surface area contributed by atoms with Crippen molar-refractivity contribution in [1.82, 2.24) is 9.88 Å². The number of aromatic nitrogens is 1. The molecular formula is C30H36N4O3S. The van der Waals surface area contributed by atoms with Crippen molar-refractivity contribution in [2.75, 3.05) is 51.9 Å². The number of benzene rings is 2. The first-order chi connectivity index (χ1) is 18.7. The molecule has 0 atom stereocenters. The molecular weight excluding hydrogens is 496 g/mol. The van der Waals surface area contributed by atoms with Crippen LogP contribution in [0.2, 0.25) is 0 Å². The van der Waals surface area contributed by atoms with Crippen LogP contribution >= 0.6 is 11.8 Å². The number of rotatable bonds is 10. The summed E-state index contributed by atoms with van der Waals surface area (Å²) >= 11 is 1.98. The van der Waals surface area contributed by atoms with Gasteiger partial charge in [0.1, 0.15) is 6.07 Å². The lowest BCUT2D eigenvalue weighted by atomic mass is 10.0. The van der Waals surface area contributed by atoms with E-state index in [0.717, 1.165) is 66.8 Å². The third-order valence-corrected chi connectivity index (χ3v) is 8.58. The molecule has 0 spiro atoms. The summed E-state index contributed by atoms with van der Waals surface area (Å²) in [7, 11) is 1.64. The Morgan fingerprint density at radius 2 is 1.89 bits per heavy atom. The lowest BCUT2D eigenvalue weighted by Crippen LogP contribution is -2.37. The van der Waals surface area contributed by atoms with E-state index in [1.54, 1.807) is 13.3 Å². The van der Waals surface area contributed by atoms with Gasteiger partial charge in [-0.25, -0.2) is 0 Å². The van der Waals surface area contributed by atoms with Crippen LogP contribution in [0.4, 0.5) is 11.4 Å². The molecule has 0 radical (unpaired) electrons. The predicted octanol–water partition coefficient (Wildman–Crippen LogP) is 6.38. The molecule has 1 N–H and O–H groups in total. The van der Waals surface area contributed by atoms with Crippen molar-refractivity contribution in [1.29, 1.82) is 5.26 Å². The number of anilines is 2. The van der Waals surface area contributed by atoms with E-state index in [1.165, 1.54) is 37.0 Å². The molecule has 1 aliphatic carbocycles. The highest BCUT2D eigenvalue weighted by Crippen LogP contribution is 2.38. The zero-order valence-corrected chi connectivity index (χ0v) is 22.9. The standard InChI is InChI=1S/C30H36N4O3S/c1-35-28-18-26-27(19-29(28)37-15-5-12-34-13-16-36-17-14-34)32-21-22(20-31)30(26)33-23-8-10-25(11-9-23)38-24-6-3-2-4-7-24/h8-11,18-19,21,24H,2-7,12-17H2,1H3,(H,32,33). The van der Waals surface area contributed by atoms with Gasteiger partial charge in [0, 0.05) is 53.1 Å². The van der Waals surface area contributed by atoms with E-state index in [1.807, 2.05) is 23.9 Å². The van der Waals surface area contributed by atoms with Gasteiger partial charge in [-0.3, -0.25) is 9.88 Å². The number of nitrogens with zero attached hydrogens (tertiary/aromatic N) is 3. The maximum Gasteiger partial charge on any atom is 0.163 e. The zero-order valence-electron chi connectivity index (χ0n) is 22.1. The van der Waals surface area contributed by atoms with Crippen LogP contribution < -0.4 is 14.8 Å². The summed E-state index contributed by atoms with van der Waals surface area (Å²) in [5.74, 6) is 1.29. The molecule has 1 saturated carbocycles. The molecule has 1 saturated heterocycles. The smallest absolute Gasteiger partial charge is 0.163 e. The highest BCUT2D eigenvalue weighted by molar-refractivity contribution is 8.00. The SMILES string of the molecule is COc1cc2c(Nc3ccc(SC4CCCCC4)cc3)c(C#N)cnc2cc1OCCCN1CCOCC1. The number of pyridine rings is 1. The molecule has 0 amide bonds. The molecule has 3 aromatic rings. The molecule has 200 valence electrons. The van der Waals surface area contributed by atoms with E-state index in [9.17, 15) is 5.26 Å². The molecule has 1 aliphatic heterocycles. The van der Waals surface area contributed by atoms with Crippen LogP contribution in [0.1, 0.15) is 44.1 Å². The van der Waals surface area contributed by atoms with E-state index >= 15 is 0 Å². The Morgan fingerprint density at radius 1 is 1.11 bits per heavy atom. The summed E-state index contributed by atoms with van der Waals surface area (Å²) in [6, 6.07) is 14.6. The first-order valence-electron chi connectivity index (χ1n) is 13.6. The number of methoxy groups -OCH3 is 1. The highest BCUT2D eigenvalue weighted by Gasteiger charge is 2.17. The maximum atomic E-state index is 9.81. The second-order valence-electron chi connectivity index (χ2n) is 9.86. The fourth-order valence-corrected chi connectivity index (χ4v) is 6.37. The monoisotopic (exact) mass is 532 g/mol. The number of morpholine rings is 1. The van der Waals surface area contributed by atoms with Gasteiger partial charge in [0.05, 0.1) is 43.7 Å². The van der Waals surface area contributed by atoms with Crippen molar-refractivity contribution in [3.8, 4) is 17.6 Å². The van der Waals surface area contributed by atoms with Crippen LogP contribution in [-0.2, 0) is 4.74 Å². The molecule has 2 heterocycles. The van der Waals surface area contributed by atoms with Crippen molar-refractivity contribution in [3.63, 3.8) is 0 Å². The van der Waals surface area contributed by atoms with Crippen LogP contribution in [0.15, 0.2) is 47.5 Å². The van der Waals surface area contributed by atoms with Gasteiger partial charge in [-0.05, 0) is 49.6 Å². The predicted molar refractivity (Wildman–Crippen MR) is 153 cm³/mol. The third kappa shape index (κ3) is 6.71. The molecule has 38 heavy (non-hydrogen) atoms. The molecule has 2 aliphatic rings. The summed E-state index contributed by atoms with van der Waals surface area (Å²) < 4.78 is 17.2. The zero-order chi connectivity index (χ0) is 26.2. The Labute approximate surface area is 229 Å². The maximum absolute atomic E-state index is 9.81. The van der Waals surface area contributed by atoms with Gasteiger partial charge in [-0.15, -0.1) is 11.8 Å². The molecule has 0 bridgehead atoms. The minimum Gasteiger partial charge on any atom is -0.493 e. The average Bonchev–Trinajstić information content (AvgIpc) is 2.97. The molecule has 7 nitrogen and oxygen atoms in total. The van der Waals surface area contributed by atoms with Crippen molar-refractivity contribution in [3.05, 3.63) is 48.2 Å². The third-order valence-electron chi connectivity index (χ3n) is 7.23. The van der Waals surface area contributed by atoms with E-state index in [-0.39, 0.29) is 0 Å². The van der Waals surface area contributed by atoms with Crippen LogP contribution in [0.5, 0.6) is 11.5 Å². The van der Waals surface area contributed by atoms with Crippen molar-refractivity contribution < 1.29 is 14.2 Å². The minimum atomic E-state index is 0.486. The average molecular weight is 533 g/mol. The first-order valence-corrected chi connectivity index (χ1v) is 14.5. The number of hydrogen-bond donors (Lipinski definition) is 1. The van der Waals surface area contributed by atoms with Gasteiger partial charge in [0.25, 0.3) is 0 Å². The van der Waals surface area contributed by atoms with E-state index in [0.29, 0.717) is 23.7 Å². The summed E-state index contributed by atoms with van der Waals surface area (Å²) in [6.45, 7) is 5.12. The summed E-state index contributed by atoms with van der Waals surface area (Å²) in [6.07, 6.45) is 9.20. The fourth-order valence-electron chi connectivity index (χ4n) is 5.12. The molecule has 2 aromatic carbocycles. The Bertz CT molecular complexity index is 1250. The van der Waals surface area contributed by atoms with Gasteiger partial charge in [0.2, 0.25) is 0 Å². The topological polar surface area (TPSA) is 79.6 Å². The summed E-state index contributed by atoms with van der Waals surface area (Å²) in [5, 5.41) is 14.8. The van der Waals surface area contributed by atoms with Crippen LogP contribution in [-0.4, -0.2) is 61.7 Å². The highest BCUT2D eigenvalue weighted by atomic mass is 32.2. The number of nitrogens with one attached hydrogen (secondary N) is 1. The molecule has 0 unspecified atom stereocenters. The number of nitriles is 1. The second-order valence-corrected chi connectivity index (χ2v) is 11.2. The van der Waals surface area contributed by atoms with Crippen LogP contribution in [0.25, 0.3) is 10.9 Å². The minimum absolute atomic E-state index is 0.486. The molecule has 5 rings (SSSR count). The van der Waals surface area contributed by atoms with Gasteiger partial charge in [-0.2, -0.15) is 5.26 Å². The van der Waals surface area contributed by atoms with Crippen molar-refractivity contribution in [2.45, 2.75) is 48.7 Å². The summed E-state index contributed by atoms with van der Waals surface area (Å²) in [4.78, 5) is 8.24. The van der Waals surface area contributed by atoms with Gasteiger partial charge < -0.3 is 19.5 Å². The van der Waals surface area contributed by atoms with Gasteiger partial charge in [0.15, 0.2) is 11.5 Å². The Balaban J connectivity index is 1.30.